The molecule has 0 amide bonds. The number of para-hydroxylation sites is 2. The van der Waals surface area contributed by atoms with E-state index in [1.54, 1.807) is 12.1 Å². The van der Waals surface area contributed by atoms with Gasteiger partial charge in [-0.3, -0.25) is 23.5 Å². The van der Waals surface area contributed by atoms with Gasteiger partial charge in [-0.15, -0.1) is 0 Å². The molecule has 0 bridgehead atoms. The van der Waals surface area contributed by atoms with Crippen molar-refractivity contribution in [3.8, 4) is 11.5 Å². The monoisotopic (exact) mass is 687 g/mol. The summed E-state index contributed by atoms with van der Waals surface area (Å²) in [6.45, 7) is 0.209. The summed E-state index contributed by atoms with van der Waals surface area (Å²) in [5.74, 6) is -4.17. The zero-order valence-corrected chi connectivity index (χ0v) is 26.2. The minimum atomic E-state index is -4.66. The highest BCUT2D eigenvalue weighted by Gasteiger charge is 2.33. The van der Waals surface area contributed by atoms with Gasteiger partial charge in [0.05, 0.1) is 0 Å². The first-order valence-corrected chi connectivity index (χ1v) is 17.5. The first-order chi connectivity index (χ1) is 21.5. The number of benzene rings is 2. The molecule has 1 fully saturated rings. The highest BCUT2D eigenvalue weighted by atomic mass is 31.2. The number of esters is 3. The maximum Gasteiger partial charge on any atom is 0.342 e. The molecule has 0 aliphatic carbocycles. The lowest BCUT2D eigenvalue weighted by Gasteiger charge is -2.34. The molecule has 2 aromatic rings. The molecule has 0 radical (unpaired) electrons. The molecule has 46 heavy (non-hydrogen) atoms. The Balaban J connectivity index is 1.59. The molecule has 252 valence electrons. The SMILES string of the molecule is NC(Cc1ccccc1OC(=O)CP(=O)(O)O)C(=O)OC1CCCCN1OC(=O)C(N)Cc1ccccc1OC(=O)CP(=O)(O)O. The van der Waals surface area contributed by atoms with Crippen molar-refractivity contribution in [1.82, 2.24) is 5.06 Å². The highest BCUT2D eigenvalue weighted by Crippen LogP contribution is 2.35. The van der Waals surface area contributed by atoms with E-state index in [0.717, 1.165) is 0 Å². The number of nitrogens with zero attached hydrogens (tertiary/aromatic N) is 1. The molecule has 3 atom stereocenters. The standard InChI is InChI=1S/C27H35N3O14P2/c28-19(13-17-7-1-3-9-21(17)41-24(31)15-45(35,36)37)26(33)43-23-11-5-6-12-30(23)44-27(34)20(29)14-18-8-2-4-10-22(18)42-25(32)16-46(38,39)40/h1-4,7-10,19-20,23H,5-6,11-16,28-29H2,(H2,35,36,37)(H2,38,39,40). The molecule has 1 heterocycles. The number of hydroxylamine groups is 2. The Hall–Kier alpha value is -3.50. The zero-order valence-electron chi connectivity index (χ0n) is 24.4. The second-order valence-corrected chi connectivity index (χ2v) is 13.7. The molecule has 0 saturated carbocycles. The summed E-state index contributed by atoms with van der Waals surface area (Å²) in [6.07, 6.45) is -2.04. The largest absolute Gasteiger partial charge is 0.442 e. The van der Waals surface area contributed by atoms with Crippen LogP contribution < -0.4 is 20.9 Å². The van der Waals surface area contributed by atoms with Gasteiger partial charge < -0.3 is 50.1 Å². The van der Waals surface area contributed by atoms with Crippen molar-refractivity contribution in [2.45, 2.75) is 50.4 Å². The van der Waals surface area contributed by atoms with Gasteiger partial charge in [-0.1, -0.05) is 41.5 Å². The van der Waals surface area contributed by atoms with E-state index in [1.807, 2.05) is 0 Å². The lowest BCUT2D eigenvalue weighted by Crippen LogP contribution is -2.49. The van der Waals surface area contributed by atoms with Gasteiger partial charge in [0.15, 0.2) is 6.23 Å². The van der Waals surface area contributed by atoms with Crippen molar-refractivity contribution >= 4 is 39.1 Å². The summed E-state index contributed by atoms with van der Waals surface area (Å²) in [5.41, 5.74) is 12.7. The van der Waals surface area contributed by atoms with Gasteiger partial charge in [-0.05, 0) is 36.1 Å². The topological polar surface area (TPSA) is 276 Å². The second kappa shape index (κ2) is 16.4. The summed E-state index contributed by atoms with van der Waals surface area (Å²) in [4.78, 5) is 91.1. The number of carbonyl (C=O) groups is 4. The number of carbonyl (C=O) groups excluding carboxylic acids is 4. The van der Waals surface area contributed by atoms with Crippen LogP contribution in [0.4, 0.5) is 0 Å². The van der Waals surface area contributed by atoms with Crippen LogP contribution in [0, 0.1) is 0 Å². The minimum Gasteiger partial charge on any atom is -0.442 e. The van der Waals surface area contributed by atoms with E-state index >= 15 is 0 Å². The smallest absolute Gasteiger partial charge is 0.342 e. The first-order valence-electron chi connectivity index (χ1n) is 13.9. The first kappa shape index (κ1) is 37.0. The van der Waals surface area contributed by atoms with Gasteiger partial charge >= 0.3 is 39.1 Å². The molecule has 3 rings (SSSR count). The van der Waals surface area contributed by atoms with E-state index in [1.165, 1.54) is 41.5 Å². The maximum absolute atomic E-state index is 12.9. The third-order valence-corrected chi connectivity index (χ3v) is 7.75. The number of rotatable bonds is 14. The summed E-state index contributed by atoms with van der Waals surface area (Å²) in [5, 5.41) is 1.17. The van der Waals surface area contributed by atoms with Crippen molar-refractivity contribution < 1.29 is 66.9 Å². The van der Waals surface area contributed by atoms with Crippen LogP contribution in [0.5, 0.6) is 11.5 Å². The van der Waals surface area contributed by atoms with Crippen molar-refractivity contribution in [3.63, 3.8) is 0 Å². The summed E-state index contributed by atoms with van der Waals surface area (Å²) < 4.78 is 37.8. The van der Waals surface area contributed by atoms with E-state index < -0.39 is 69.7 Å². The predicted octanol–water partition coefficient (Wildman–Crippen LogP) is 0.106. The molecule has 3 unspecified atom stereocenters. The molecule has 0 spiro atoms. The quantitative estimate of drug-likeness (QED) is 0.0873. The van der Waals surface area contributed by atoms with Crippen LogP contribution in [0.25, 0.3) is 0 Å². The molecule has 1 aliphatic rings. The van der Waals surface area contributed by atoms with E-state index in [0.29, 0.717) is 30.4 Å². The third kappa shape index (κ3) is 12.4. The van der Waals surface area contributed by atoms with E-state index in [4.69, 9.17) is 50.1 Å². The Morgan fingerprint density at radius 3 is 1.70 bits per heavy atom. The molecule has 1 aliphatic heterocycles. The van der Waals surface area contributed by atoms with Crippen molar-refractivity contribution in [2.24, 2.45) is 11.5 Å². The summed E-state index contributed by atoms with van der Waals surface area (Å²) >= 11 is 0. The Bertz CT molecular complexity index is 1400. The lowest BCUT2D eigenvalue weighted by atomic mass is 10.1. The van der Waals surface area contributed by atoms with Gasteiger partial charge in [0.1, 0.15) is 35.9 Å². The van der Waals surface area contributed by atoms with Crippen molar-refractivity contribution in [3.05, 3.63) is 59.7 Å². The summed E-state index contributed by atoms with van der Waals surface area (Å²) in [6, 6.07) is 9.45. The molecule has 8 N–H and O–H groups in total. The average Bonchev–Trinajstić information content (AvgIpc) is 2.94. The van der Waals surface area contributed by atoms with Crippen LogP contribution in [0.15, 0.2) is 48.5 Å². The van der Waals surface area contributed by atoms with Crippen LogP contribution in [0.3, 0.4) is 0 Å². The minimum absolute atomic E-state index is 0.0375. The Labute approximate surface area is 263 Å². The molecular weight excluding hydrogens is 652 g/mol. The number of nitrogens with two attached hydrogens (primary N) is 2. The van der Waals surface area contributed by atoms with Crippen LogP contribution in [-0.4, -0.2) is 85.7 Å². The summed E-state index contributed by atoms with van der Waals surface area (Å²) in [7, 11) is -9.31. The second-order valence-electron chi connectivity index (χ2n) is 10.4. The Morgan fingerprint density at radius 2 is 1.22 bits per heavy atom. The average molecular weight is 688 g/mol. The normalized spacial score (nSPS) is 17.0. The third-order valence-electron chi connectivity index (χ3n) is 6.41. The lowest BCUT2D eigenvalue weighted by molar-refractivity contribution is -0.251. The molecule has 19 heteroatoms. The van der Waals surface area contributed by atoms with Crippen LogP contribution in [0.1, 0.15) is 30.4 Å². The molecule has 1 saturated heterocycles. The van der Waals surface area contributed by atoms with Crippen LogP contribution in [0.2, 0.25) is 0 Å². The molecule has 0 aromatic heterocycles. The fraction of sp³-hybridized carbons (Fsp3) is 0.407. The molecule has 2 aromatic carbocycles. The van der Waals surface area contributed by atoms with Gasteiger partial charge in [0.2, 0.25) is 0 Å². The van der Waals surface area contributed by atoms with E-state index in [9.17, 15) is 28.3 Å². The van der Waals surface area contributed by atoms with Gasteiger partial charge in [-0.2, -0.15) is 0 Å². The number of piperidine rings is 1. The van der Waals surface area contributed by atoms with E-state index in [2.05, 4.69) is 0 Å². The van der Waals surface area contributed by atoms with Gasteiger partial charge in [0.25, 0.3) is 0 Å². The van der Waals surface area contributed by atoms with E-state index in [-0.39, 0.29) is 30.9 Å². The van der Waals surface area contributed by atoms with Crippen LogP contribution >= 0.6 is 15.2 Å². The van der Waals surface area contributed by atoms with Crippen molar-refractivity contribution in [1.29, 1.82) is 0 Å². The Kier molecular flexibility index (Phi) is 13.1. The highest BCUT2D eigenvalue weighted by molar-refractivity contribution is 7.53. The maximum atomic E-state index is 12.9. The molecule has 17 nitrogen and oxygen atoms in total. The number of ether oxygens (including phenoxy) is 3. The predicted molar refractivity (Wildman–Crippen MR) is 158 cm³/mol. The van der Waals surface area contributed by atoms with Crippen LogP contribution in [-0.2, 0) is 50.7 Å². The van der Waals surface area contributed by atoms with Crippen molar-refractivity contribution in [2.75, 3.05) is 18.9 Å². The zero-order chi connectivity index (χ0) is 34.1. The number of hydrogen-bond acceptors (Lipinski definition) is 13. The fourth-order valence-electron chi connectivity index (χ4n) is 4.33. The molecular formula is C27H35N3O14P2. The Morgan fingerprint density at radius 1 is 0.761 bits per heavy atom. The van der Waals surface area contributed by atoms with Gasteiger partial charge in [0, 0.05) is 25.8 Å². The fourth-order valence-corrected chi connectivity index (χ4v) is 5.13. The van der Waals surface area contributed by atoms with Gasteiger partial charge in [-0.25, -0.2) is 4.79 Å². The number of hydrogen-bond donors (Lipinski definition) is 6.